The molecular weight excluding hydrogens is 366 g/mol. The van der Waals surface area contributed by atoms with Crippen molar-refractivity contribution in [3.8, 4) is 11.5 Å². The molecule has 1 unspecified atom stereocenters. The van der Waals surface area contributed by atoms with E-state index in [1.54, 1.807) is 20.3 Å². The summed E-state index contributed by atoms with van der Waals surface area (Å²) < 4.78 is 10.7. The number of anilines is 2. The summed E-state index contributed by atoms with van der Waals surface area (Å²) in [5.41, 5.74) is 4.50. The summed E-state index contributed by atoms with van der Waals surface area (Å²) in [5.74, 6) is 1.07. The van der Waals surface area contributed by atoms with E-state index in [-0.39, 0.29) is 11.9 Å². The average Bonchev–Trinajstić information content (AvgIpc) is 3.02. The molecule has 1 heterocycles. The van der Waals surface area contributed by atoms with Gasteiger partial charge in [0, 0.05) is 28.9 Å². The second kappa shape index (κ2) is 9.47. The Morgan fingerprint density at radius 3 is 2.45 bits per heavy atom. The highest BCUT2D eigenvalue weighted by atomic mass is 16.5. The third-order valence-electron chi connectivity index (χ3n) is 4.91. The number of benzene rings is 2. The minimum Gasteiger partial charge on any atom is -0.493 e. The Morgan fingerprint density at radius 2 is 1.79 bits per heavy atom. The summed E-state index contributed by atoms with van der Waals surface area (Å²) in [5, 5.41) is 9.67. The van der Waals surface area contributed by atoms with Gasteiger partial charge in [0.25, 0.3) is 5.91 Å². The molecule has 1 aliphatic rings. The van der Waals surface area contributed by atoms with Crippen LogP contribution >= 0.6 is 0 Å². The summed E-state index contributed by atoms with van der Waals surface area (Å²) >= 11 is 0. The van der Waals surface area contributed by atoms with E-state index in [1.807, 2.05) is 19.1 Å². The van der Waals surface area contributed by atoms with Gasteiger partial charge in [0.1, 0.15) is 0 Å². The number of rotatable bonds is 9. The lowest BCUT2D eigenvalue weighted by atomic mass is 10.0. The van der Waals surface area contributed by atoms with E-state index in [9.17, 15) is 4.79 Å². The highest BCUT2D eigenvalue weighted by Gasteiger charge is 2.27. The van der Waals surface area contributed by atoms with E-state index in [2.05, 4.69) is 47.1 Å². The maximum absolute atomic E-state index is 12.5. The van der Waals surface area contributed by atoms with Crippen molar-refractivity contribution in [1.29, 1.82) is 0 Å². The normalized spacial score (nSPS) is 15.0. The lowest BCUT2D eigenvalue weighted by Gasteiger charge is -2.13. The number of fused-ring (bicyclic) bond motifs is 1. The second-order valence-electron chi connectivity index (χ2n) is 7.02. The number of methoxy groups -OCH3 is 2. The minimum atomic E-state index is -0.122. The van der Waals surface area contributed by atoms with Crippen LogP contribution in [0, 0.1) is 0 Å². The molecule has 2 aromatic carbocycles. The maximum atomic E-state index is 12.5. The quantitative estimate of drug-likeness (QED) is 0.446. The molecule has 0 saturated heterocycles. The highest BCUT2D eigenvalue weighted by molar-refractivity contribution is 6.31. The van der Waals surface area contributed by atoms with Crippen molar-refractivity contribution >= 4 is 22.9 Å². The van der Waals surface area contributed by atoms with Gasteiger partial charge in [-0.3, -0.25) is 4.79 Å². The van der Waals surface area contributed by atoms with E-state index in [1.165, 1.54) is 5.56 Å². The number of carbonyl (C=O) groups excluding carboxylic acids is 1. The Bertz CT molecular complexity index is 891. The zero-order valence-corrected chi connectivity index (χ0v) is 17.5. The Balaban J connectivity index is 1.73. The molecule has 154 valence electrons. The first-order chi connectivity index (χ1) is 14.0. The molecule has 0 spiro atoms. The van der Waals surface area contributed by atoms with Gasteiger partial charge < -0.3 is 25.4 Å². The third kappa shape index (κ3) is 4.90. The van der Waals surface area contributed by atoms with Crippen molar-refractivity contribution in [2.45, 2.75) is 26.3 Å². The number of carbonyl (C=O) groups is 1. The smallest absolute Gasteiger partial charge is 0.256 e. The molecule has 29 heavy (non-hydrogen) atoms. The van der Waals surface area contributed by atoms with Crippen LogP contribution in [0.15, 0.2) is 42.5 Å². The van der Waals surface area contributed by atoms with Gasteiger partial charge in [0.05, 0.1) is 19.9 Å². The lowest BCUT2D eigenvalue weighted by molar-refractivity contribution is -0.110. The first-order valence-corrected chi connectivity index (χ1v) is 9.91. The fourth-order valence-electron chi connectivity index (χ4n) is 3.41. The van der Waals surface area contributed by atoms with Crippen molar-refractivity contribution in [3.05, 3.63) is 53.6 Å². The van der Waals surface area contributed by atoms with Gasteiger partial charge in [-0.05, 0) is 56.3 Å². The van der Waals surface area contributed by atoms with Gasteiger partial charge in [0.2, 0.25) is 0 Å². The molecule has 0 aromatic heterocycles. The van der Waals surface area contributed by atoms with Gasteiger partial charge in [-0.25, -0.2) is 0 Å². The predicted molar refractivity (Wildman–Crippen MR) is 118 cm³/mol. The summed E-state index contributed by atoms with van der Waals surface area (Å²) in [7, 11) is 3.17. The number of hydrogen-bond donors (Lipinski definition) is 3. The van der Waals surface area contributed by atoms with Crippen LogP contribution in [0.5, 0.6) is 11.5 Å². The summed E-state index contributed by atoms with van der Waals surface area (Å²) in [6, 6.07) is 12.0. The SMILES string of the molecule is CCNCCc1ccc(NC(C)C=C2C(=O)Nc3cc(OC)c(OC)cc32)cc1. The standard InChI is InChI=1S/C23H29N3O3/c1-5-24-11-10-16-6-8-17(9-7-16)25-15(2)12-19-18-13-21(28-3)22(29-4)14-20(18)26-23(19)27/h6-9,12-15,24-25H,5,10-11H2,1-4H3,(H,26,27). The molecule has 0 fully saturated rings. The van der Waals surface area contributed by atoms with E-state index in [4.69, 9.17) is 9.47 Å². The second-order valence-corrected chi connectivity index (χ2v) is 7.02. The zero-order valence-electron chi connectivity index (χ0n) is 17.5. The Hall–Kier alpha value is -2.99. The van der Waals surface area contributed by atoms with Gasteiger partial charge in [-0.1, -0.05) is 19.1 Å². The molecule has 1 amide bonds. The monoisotopic (exact) mass is 395 g/mol. The van der Waals surface area contributed by atoms with E-state index in [0.717, 1.165) is 36.4 Å². The van der Waals surface area contributed by atoms with Crippen molar-refractivity contribution in [2.24, 2.45) is 0 Å². The topological polar surface area (TPSA) is 71.6 Å². The summed E-state index contributed by atoms with van der Waals surface area (Å²) in [6.07, 6.45) is 2.95. The van der Waals surface area contributed by atoms with Gasteiger partial charge in [-0.2, -0.15) is 0 Å². The van der Waals surface area contributed by atoms with Crippen LogP contribution in [-0.4, -0.2) is 39.3 Å². The largest absolute Gasteiger partial charge is 0.493 e. The minimum absolute atomic E-state index is 0.0256. The highest BCUT2D eigenvalue weighted by Crippen LogP contribution is 2.40. The summed E-state index contributed by atoms with van der Waals surface area (Å²) in [6.45, 7) is 6.10. The van der Waals surface area contributed by atoms with Gasteiger partial charge in [-0.15, -0.1) is 0 Å². The third-order valence-corrected chi connectivity index (χ3v) is 4.91. The first kappa shape index (κ1) is 20.7. The Labute approximate surface area is 172 Å². The molecule has 3 N–H and O–H groups in total. The van der Waals surface area contributed by atoms with Crippen molar-refractivity contribution in [3.63, 3.8) is 0 Å². The Kier molecular flexibility index (Phi) is 6.77. The van der Waals surface area contributed by atoms with Gasteiger partial charge >= 0.3 is 0 Å². The number of nitrogens with one attached hydrogen (secondary N) is 3. The molecule has 6 nitrogen and oxygen atoms in total. The molecule has 0 saturated carbocycles. The zero-order chi connectivity index (χ0) is 20.8. The van der Waals surface area contributed by atoms with Crippen molar-refractivity contribution in [2.75, 3.05) is 37.9 Å². The van der Waals surface area contributed by atoms with Crippen LogP contribution in [0.4, 0.5) is 11.4 Å². The van der Waals surface area contributed by atoms with Crippen LogP contribution in [0.2, 0.25) is 0 Å². The number of ether oxygens (including phenoxy) is 2. The molecule has 0 aliphatic carbocycles. The predicted octanol–water partition coefficient (Wildman–Crippen LogP) is 3.69. The molecule has 0 bridgehead atoms. The van der Waals surface area contributed by atoms with Crippen LogP contribution in [-0.2, 0) is 11.2 Å². The molecule has 2 aromatic rings. The van der Waals surface area contributed by atoms with Crippen molar-refractivity contribution < 1.29 is 14.3 Å². The van der Waals surface area contributed by atoms with Crippen LogP contribution < -0.4 is 25.4 Å². The van der Waals surface area contributed by atoms with Crippen LogP contribution in [0.3, 0.4) is 0 Å². The fraction of sp³-hybridized carbons (Fsp3) is 0.348. The first-order valence-electron chi connectivity index (χ1n) is 9.91. The number of likely N-dealkylation sites (N-methyl/N-ethyl adjacent to an activating group) is 1. The lowest BCUT2D eigenvalue weighted by Crippen LogP contribution is -2.16. The van der Waals surface area contributed by atoms with Gasteiger partial charge in [0.15, 0.2) is 11.5 Å². The number of amides is 1. The molecule has 3 rings (SSSR count). The van der Waals surface area contributed by atoms with Crippen molar-refractivity contribution in [1.82, 2.24) is 5.32 Å². The van der Waals surface area contributed by atoms with Crippen LogP contribution in [0.1, 0.15) is 25.0 Å². The van der Waals surface area contributed by atoms with Crippen LogP contribution in [0.25, 0.3) is 5.57 Å². The molecule has 1 aliphatic heterocycles. The molecular formula is C23H29N3O3. The van der Waals surface area contributed by atoms with E-state index in [0.29, 0.717) is 17.1 Å². The summed E-state index contributed by atoms with van der Waals surface area (Å²) in [4.78, 5) is 12.5. The van der Waals surface area contributed by atoms with E-state index >= 15 is 0 Å². The maximum Gasteiger partial charge on any atom is 0.256 e. The molecule has 0 radical (unpaired) electrons. The molecule has 6 heteroatoms. The fourth-order valence-corrected chi connectivity index (χ4v) is 3.41. The Morgan fingerprint density at radius 1 is 1.10 bits per heavy atom. The molecule has 1 atom stereocenters. The van der Waals surface area contributed by atoms with E-state index < -0.39 is 0 Å². The average molecular weight is 396 g/mol. The number of hydrogen-bond acceptors (Lipinski definition) is 5.